The third-order valence-corrected chi connectivity index (χ3v) is 3.58. The molecule has 3 N–H and O–H groups in total. The van der Waals surface area contributed by atoms with Crippen LogP contribution < -0.4 is 0 Å². The fourth-order valence-electron chi connectivity index (χ4n) is 2.50. The Labute approximate surface area is 107 Å². The molecule has 1 aliphatic rings. The Bertz CT molecular complexity index is 359. The first-order chi connectivity index (χ1) is 8.58. The van der Waals surface area contributed by atoms with Crippen LogP contribution in [0.25, 0.3) is 0 Å². The molecule has 1 saturated heterocycles. The molecule has 0 radical (unpaired) electrons. The van der Waals surface area contributed by atoms with E-state index in [-0.39, 0.29) is 0 Å². The minimum atomic E-state index is -1.02. The van der Waals surface area contributed by atoms with E-state index in [2.05, 4.69) is 19.1 Å². The molecule has 4 nitrogen and oxygen atoms in total. The molecule has 0 spiro atoms. The summed E-state index contributed by atoms with van der Waals surface area (Å²) in [4.78, 5) is 2.00. The van der Waals surface area contributed by atoms with Crippen molar-refractivity contribution in [1.82, 2.24) is 4.90 Å². The predicted molar refractivity (Wildman–Crippen MR) is 69.3 cm³/mol. The summed E-state index contributed by atoms with van der Waals surface area (Å²) >= 11 is 0. The number of hydrogen-bond acceptors (Lipinski definition) is 4. The molecule has 0 saturated carbocycles. The zero-order valence-corrected chi connectivity index (χ0v) is 10.6. The van der Waals surface area contributed by atoms with E-state index in [9.17, 15) is 15.3 Å². The molecule has 0 amide bonds. The van der Waals surface area contributed by atoms with Gasteiger partial charge in [-0.25, -0.2) is 0 Å². The molecule has 100 valence electrons. The van der Waals surface area contributed by atoms with Gasteiger partial charge in [0, 0.05) is 19.6 Å². The second kappa shape index (κ2) is 5.80. The van der Waals surface area contributed by atoms with Gasteiger partial charge in [-0.05, 0) is 11.5 Å². The monoisotopic (exact) mass is 251 g/mol. The molecule has 1 fully saturated rings. The highest BCUT2D eigenvalue weighted by molar-refractivity contribution is 5.19. The average molecular weight is 251 g/mol. The Morgan fingerprint density at radius 3 is 2.22 bits per heavy atom. The maximum Gasteiger partial charge on any atom is 0.108 e. The van der Waals surface area contributed by atoms with Crippen LogP contribution in [0.5, 0.6) is 0 Å². The molecule has 0 aromatic heterocycles. The highest BCUT2D eigenvalue weighted by Gasteiger charge is 2.33. The van der Waals surface area contributed by atoms with Crippen LogP contribution in [0.15, 0.2) is 30.3 Å². The maximum atomic E-state index is 9.65. The molecule has 4 atom stereocenters. The first kappa shape index (κ1) is 13.5. The summed E-state index contributed by atoms with van der Waals surface area (Å²) in [6.07, 6.45) is -2.75. The van der Waals surface area contributed by atoms with Gasteiger partial charge in [0.1, 0.15) is 6.10 Å². The zero-order valence-electron chi connectivity index (χ0n) is 10.6. The molecular weight excluding hydrogens is 230 g/mol. The fourth-order valence-corrected chi connectivity index (χ4v) is 2.50. The van der Waals surface area contributed by atoms with Gasteiger partial charge >= 0.3 is 0 Å². The van der Waals surface area contributed by atoms with Crippen LogP contribution in [0.2, 0.25) is 0 Å². The number of likely N-dealkylation sites (tertiary alicyclic amines) is 1. The lowest BCUT2D eigenvalue weighted by molar-refractivity contribution is -0.110. The van der Waals surface area contributed by atoms with Crippen molar-refractivity contribution >= 4 is 0 Å². The normalized spacial score (nSPS) is 31.2. The summed E-state index contributed by atoms with van der Waals surface area (Å²) in [6, 6.07) is 10.2. The van der Waals surface area contributed by atoms with E-state index < -0.39 is 18.3 Å². The highest BCUT2D eigenvalue weighted by atomic mass is 16.4. The Kier molecular flexibility index (Phi) is 4.35. The zero-order chi connectivity index (χ0) is 13.1. The number of β-amino-alcohol motifs (C(OH)–C–C–N with tert-alkyl or cyclic N) is 2. The van der Waals surface area contributed by atoms with E-state index in [1.54, 1.807) is 0 Å². The second-order valence-corrected chi connectivity index (χ2v) is 5.16. The molecule has 1 aromatic rings. The fraction of sp³-hybridized carbons (Fsp3) is 0.571. The number of aliphatic hydroxyl groups is 3. The molecule has 0 aliphatic carbocycles. The predicted octanol–water partition coefficient (Wildman–Crippen LogP) is 0.188. The second-order valence-electron chi connectivity index (χ2n) is 5.16. The average Bonchev–Trinajstić information content (AvgIpc) is 2.37. The summed E-state index contributed by atoms with van der Waals surface area (Å²) in [5.41, 5.74) is 1.24. The molecule has 1 aliphatic heterocycles. The first-order valence-corrected chi connectivity index (χ1v) is 6.39. The molecular formula is C14H21NO3. The van der Waals surface area contributed by atoms with Crippen LogP contribution in [0.3, 0.4) is 0 Å². The summed E-state index contributed by atoms with van der Waals surface area (Å²) in [7, 11) is 0. The van der Waals surface area contributed by atoms with Crippen molar-refractivity contribution in [1.29, 1.82) is 0 Å². The van der Waals surface area contributed by atoms with Gasteiger partial charge in [-0.3, -0.25) is 4.90 Å². The molecule has 1 aromatic carbocycles. The topological polar surface area (TPSA) is 63.9 Å². The van der Waals surface area contributed by atoms with E-state index in [0.29, 0.717) is 19.0 Å². The molecule has 4 heteroatoms. The van der Waals surface area contributed by atoms with E-state index in [4.69, 9.17) is 0 Å². The maximum absolute atomic E-state index is 9.65. The van der Waals surface area contributed by atoms with Gasteiger partial charge in [0.15, 0.2) is 0 Å². The van der Waals surface area contributed by atoms with Crippen LogP contribution in [0, 0.1) is 0 Å². The van der Waals surface area contributed by atoms with Gasteiger partial charge < -0.3 is 15.3 Å². The lowest BCUT2D eigenvalue weighted by Crippen LogP contribution is -2.55. The summed E-state index contributed by atoms with van der Waals surface area (Å²) < 4.78 is 0. The Balaban J connectivity index is 1.94. The number of nitrogens with zero attached hydrogens (tertiary/aromatic N) is 1. The van der Waals surface area contributed by atoms with Crippen molar-refractivity contribution in [3.63, 3.8) is 0 Å². The highest BCUT2D eigenvalue weighted by Crippen LogP contribution is 2.19. The number of aliphatic hydroxyl groups excluding tert-OH is 3. The van der Waals surface area contributed by atoms with Gasteiger partial charge in [-0.15, -0.1) is 0 Å². The number of hydrogen-bond donors (Lipinski definition) is 3. The summed E-state index contributed by atoms with van der Waals surface area (Å²) in [6.45, 7) is 3.72. The number of piperidine rings is 1. The quantitative estimate of drug-likeness (QED) is 0.717. The van der Waals surface area contributed by atoms with Gasteiger partial charge in [-0.2, -0.15) is 0 Å². The third kappa shape index (κ3) is 3.09. The SMILES string of the molecule is C[C@@H](CN1C[C@@H](O)C(O)[C@@H](O)C1)c1ccccc1. The van der Waals surface area contributed by atoms with Crippen molar-refractivity contribution in [3.05, 3.63) is 35.9 Å². The molecule has 2 rings (SSSR count). The lowest BCUT2D eigenvalue weighted by Gasteiger charge is -2.38. The van der Waals surface area contributed by atoms with Crippen LogP contribution >= 0.6 is 0 Å². The van der Waals surface area contributed by atoms with Gasteiger partial charge in [-0.1, -0.05) is 37.3 Å². The smallest absolute Gasteiger partial charge is 0.108 e. The van der Waals surface area contributed by atoms with Crippen LogP contribution in [0.4, 0.5) is 0 Å². The van der Waals surface area contributed by atoms with E-state index in [1.165, 1.54) is 5.56 Å². The van der Waals surface area contributed by atoms with Crippen LogP contribution in [-0.2, 0) is 0 Å². The van der Waals surface area contributed by atoms with Crippen molar-refractivity contribution in [2.75, 3.05) is 19.6 Å². The molecule has 1 heterocycles. The molecule has 1 unspecified atom stereocenters. The van der Waals surface area contributed by atoms with E-state index >= 15 is 0 Å². The van der Waals surface area contributed by atoms with Gasteiger partial charge in [0.25, 0.3) is 0 Å². The van der Waals surface area contributed by atoms with Crippen LogP contribution in [0.1, 0.15) is 18.4 Å². The van der Waals surface area contributed by atoms with Crippen molar-refractivity contribution < 1.29 is 15.3 Å². The summed E-state index contributed by atoms with van der Waals surface area (Å²) in [5, 5.41) is 28.8. The minimum Gasteiger partial charge on any atom is -0.389 e. The summed E-state index contributed by atoms with van der Waals surface area (Å²) in [5.74, 6) is 0.334. The Hall–Kier alpha value is -0.940. The van der Waals surface area contributed by atoms with Crippen molar-refractivity contribution in [2.45, 2.75) is 31.2 Å². The van der Waals surface area contributed by atoms with E-state index in [1.807, 2.05) is 23.1 Å². The molecule has 18 heavy (non-hydrogen) atoms. The Morgan fingerprint density at radius 2 is 1.67 bits per heavy atom. The third-order valence-electron chi connectivity index (χ3n) is 3.58. The van der Waals surface area contributed by atoms with Gasteiger partial charge in [0.2, 0.25) is 0 Å². The van der Waals surface area contributed by atoms with E-state index in [0.717, 1.165) is 6.54 Å². The van der Waals surface area contributed by atoms with Crippen molar-refractivity contribution in [2.24, 2.45) is 0 Å². The first-order valence-electron chi connectivity index (χ1n) is 6.39. The number of rotatable bonds is 3. The van der Waals surface area contributed by atoms with Crippen molar-refractivity contribution in [3.8, 4) is 0 Å². The Morgan fingerprint density at radius 1 is 1.11 bits per heavy atom. The molecule has 0 bridgehead atoms. The van der Waals surface area contributed by atoms with Gasteiger partial charge in [0.05, 0.1) is 12.2 Å². The minimum absolute atomic E-state index is 0.334. The number of benzene rings is 1. The lowest BCUT2D eigenvalue weighted by atomic mass is 9.97. The van der Waals surface area contributed by atoms with Crippen LogP contribution in [-0.4, -0.2) is 58.2 Å². The standard InChI is InChI=1S/C14H21NO3/c1-10(11-5-3-2-4-6-11)7-15-8-12(16)14(18)13(17)9-15/h2-6,10,12-14,16-18H,7-9H2,1H3/t10-,12-,13+,14?/m0/s1. The largest absolute Gasteiger partial charge is 0.389 e.